The summed E-state index contributed by atoms with van der Waals surface area (Å²) in [6.45, 7) is 7.38. The lowest BCUT2D eigenvalue weighted by Gasteiger charge is -2.18. The van der Waals surface area contributed by atoms with Crippen LogP contribution in [0.1, 0.15) is 35.7 Å². The van der Waals surface area contributed by atoms with Gasteiger partial charge in [0.1, 0.15) is 0 Å². The van der Waals surface area contributed by atoms with Gasteiger partial charge >= 0.3 is 0 Å². The van der Waals surface area contributed by atoms with Crippen molar-refractivity contribution in [1.29, 1.82) is 0 Å². The van der Waals surface area contributed by atoms with E-state index in [1.807, 2.05) is 0 Å². The molecule has 0 spiro atoms. The monoisotopic (exact) mass is 303 g/mol. The van der Waals surface area contributed by atoms with Gasteiger partial charge in [0.25, 0.3) is 0 Å². The molecular weight excluding hydrogens is 278 g/mol. The molecule has 2 rings (SSSR count). The zero-order chi connectivity index (χ0) is 15.1. The maximum atomic E-state index is 4.53. The fourth-order valence-corrected chi connectivity index (χ4v) is 3.03. The lowest BCUT2D eigenvalue weighted by Crippen LogP contribution is -2.25. The van der Waals surface area contributed by atoms with Crippen molar-refractivity contribution in [2.24, 2.45) is 0 Å². The molecule has 1 N–H and O–H groups in total. The maximum Gasteiger partial charge on any atom is 0.0898 e. The normalized spacial score (nSPS) is 12.8. The number of nitrogens with one attached hydrogen (secondary N) is 1. The van der Waals surface area contributed by atoms with Crippen molar-refractivity contribution >= 4 is 11.3 Å². The van der Waals surface area contributed by atoms with Crippen LogP contribution in [-0.2, 0) is 6.54 Å². The van der Waals surface area contributed by atoms with Crippen LogP contribution in [0.25, 0.3) is 0 Å². The van der Waals surface area contributed by atoms with E-state index in [0.29, 0.717) is 6.04 Å². The molecule has 1 aromatic heterocycles. The Labute approximate surface area is 132 Å². The van der Waals surface area contributed by atoms with E-state index in [2.05, 4.69) is 71.8 Å². The molecule has 1 heterocycles. The summed E-state index contributed by atoms with van der Waals surface area (Å²) in [7, 11) is 2.18. The molecule has 4 heteroatoms. The van der Waals surface area contributed by atoms with Crippen molar-refractivity contribution in [3.05, 3.63) is 52.0 Å². The second kappa shape index (κ2) is 8.27. The van der Waals surface area contributed by atoms with Gasteiger partial charge in [0.05, 0.1) is 10.7 Å². The van der Waals surface area contributed by atoms with Crippen LogP contribution in [0.15, 0.2) is 35.7 Å². The van der Waals surface area contributed by atoms with E-state index in [4.69, 9.17) is 0 Å². The predicted octanol–water partition coefficient (Wildman–Crippen LogP) is 3.62. The van der Waals surface area contributed by atoms with Gasteiger partial charge < -0.3 is 10.2 Å². The van der Waals surface area contributed by atoms with Gasteiger partial charge in [0.15, 0.2) is 0 Å². The Morgan fingerprint density at radius 1 is 1.29 bits per heavy atom. The van der Waals surface area contributed by atoms with E-state index >= 15 is 0 Å². The number of aryl methyl sites for hydroxylation is 1. The molecular formula is C17H25N3S. The molecule has 3 nitrogen and oxygen atoms in total. The molecule has 0 aliphatic heterocycles. The first-order chi connectivity index (χ1) is 10.1. The van der Waals surface area contributed by atoms with Crippen LogP contribution < -0.4 is 5.32 Å². The first kappa shape index (κ1) is 16.1. The number of hydrogen-bond donors (Lipinski definition) is 1. The van der Waals surface area contributed by atoms with Gasteiger partial charge in [-0.05, 0) is 46.0 Å². The third kappa shape index (κ3) is 5.58. The van der Waals surface area contributed by atoms with Gasteiger partial charge in [-0.3, -0.25) is 0 Å². The number of hydrogen-bond acceptors (Lipinski definition) is 4. The molecule has 0 radical (unpaired) electrons. The Hall–Kier alpha value is -1.23. The second-order valence-electron chi connectivity index (χ2n) is 5.54. The van der Waals surface area contributed by atoms with E-state index in [9.17, 15) is 0 Å². The minimum atomic E-state index is 0.342. The molecule has 0 fully saturated rings. The maximum absolute atomic E-state index is 4.53. The van der Waals surface area contributed by atoms with Gasteiger partial charge in [-0.15, -0.1) is 11.3 Å². The lowest BCUT2D eigenvalue weighted by molar-refractivity contribution is 0.317. The van der Waals surface area contributed by atoms with Crippen molar-refractivity contribution in [1.82, 2.24) is 15.2 Å². The molecule has 2 aromatic rings. The molecule has 0 bridgehead atoms. The molecule has 1 atom stereocenters. The Morgan fingerprint density at radius 2 is 2.05 bits per heavy atom. The molecule has 0 aliphatic carbocycles. The van der Waals surface area contributed by atoms with Crippen LogP contribution >= 0.6 is 11.3 Å². The summed E-state index contributed by atoms with van der Waals surface area (Å²) in [4.78, 5) is 6.90. The third-order valence-electron chi connectivity index (χ3n) is 3.54. The van der Waals surface area contributed by atoms with Gasteiger partial charge in [-0.2, -0.15) is 0 Å². The van der Waals surface area contributed by atoms with Gasteiger partial charge in [-0.1, -0.05) is 30.3 Å². The van der Waals surface area contributed by atoms with Crippen LogP contribution in [0.5, 0.6) is 0 Å². The average Bonchev–Trinajstić information content (AvgIpc) is 2.91. The highest BCUT2D eigenvalue weighted by molar-refractivity contribution is 7.09. The summed E-state index contributed by atoms with van der Waals surface area (Å²) in [6, 6.07) is 11.0. The van der Waals surface area contributed by atoms with E-state index in [0.717, 1.165) is 36.8 Å². The average molecular weight is 303 g/mol. The topological polar surface area (TPSA) is 28.2 Å². The molecule has 1 unspecified atom stereocenters. The van der Waals surface area contributed by atoms with Gasteiger partial charge in [0.2, 0.25) is 0 Å². The molecule has 21 heavy (non-hydrogen) atoms. The predicted molar refractivity (Wildman–Crippen MR) is 90.7 cm³/mol. The Balaban J connectivity index is 1.63. The van der Waals surface area contributed by atoms with E-state index < -0.39 is 0 Å². The molecule has 1 aromatic carbocycles. The quantitative estimate of drug-likeness (QED) is 0.755. The molecule has 0 aliphatic rings. The van der Waals surface area contributed by atoms with Crippen LogP contribution in [0, 0.1) is 6.92 Å². The van der Waals surface area contributed by atoms with Gasteiger partial charge in [-0.25, -0.2) is 4.98 Å². The van der Waals surface area contributed by atoms with Crippen LogP contribution in [0.2, 0.25) is 0 Å². The lowest BCUT2D eigenvalue weighted by atomic mass is 10.2. The smallest absolute Gasteiger partial charge is 0.0898 e. The van der Waals surface area contributed by atoms with Crippen LogP contribution in [0.3, 0.4) is 0 Å². The van der Waals surface area contributed by atoms with Crippen LogP contribution in [0.4, 0.5) is 0 Å². The molecule has 0 amide bonds. The molecule has 0 saturated heterocycles. The van der Waals surface area contributed by atoms with Crippen molar-refractivity contribution < 1.29 is 0 Å². The Morgan fingerprint density at radius 3 is 2.71 bits per heavy atom. The molecule has 114 valence electrons. The minimum Gasteiger partial charge on any atom is -0.309 e. The fourth-order valence-electron chi connectivity index (χ4n) is 2.33. The molecule has 0 saturated carbocycles. The summed E-state index contributed by atoms with van der Waals surface area (Å²) < 4.78 is 0. The number of nitrogens with zero attached hydrogens (tertiary/aromatic N) is 2. The Bertz CT molecular complexity index is 524. The number of aromatic nitrogens is 1. The third-order valence-corrected chi connectivity index (χ3v) is 4.33. The summed E-state index contributed by atoms with van der Waals surface area (Å²) in [6.07, 6.45) is 1.15. The second-order valence-corrected chi connectivity index (χ2v) is 6.61. The highest BCUT2D eigenvalue weighted by atomic mass is 32.1. The van der Waals surface area contributed by atoms with Crippen molar-refractivity contribution in [3.63, 3.8) is 0 Å². The number of thiazole rings is 1. The Kier molecular flexibility index (Phi) is 6.36. The SMILES string of the molecule is Cc1nc(C(C)NCCCN(C)Cc2ccccc2)cs1. The van der Waals surface area contributed by atoms with Crippen molar-refractivity contribution in [3.8, 4) is 0 Å². The first-order valence-corrected chi connectivity index (χ1v) is 8.41. The highest BCUT2D eigenvalue weighted by Crippen LogP contribution is 2.15. The number of rotatable bonds is 8. The minimum absolute atomic E-state index is 0.342. The van der Waals surface area contributed by atoms with Gasteiger partial charge in [0, 0.05) is 18.0 Å². The first-order valence-electron chi connectivity index (χ1n) is 7.53. The summed E-state index contributed by atoms with van der Waals surface area (Å²) in [5, 5.41) is 6.84. The summed E-state index contributed by atoms with van der Waals surface area (Å²) in [5.41, 5.74) is 2.54. The summed E-state index contributed by atoms with van der Waals surface area (Å²) in [5.74, 6) is 0. The largest absolute Gasteiger partial charge is 0.309 e. The number of benzene rings is 1. The van der Waals surface area contributed by atoms with E-state index in [1.54, 1.807) is 11.3 Å². The van der Waals surface area contributed by atoms with Crippen LogP contribution in [-0.4, -0.2) is 30.0 Å². The summed E-state index contributed by atoms with van der Waals surface area (Å²) >= 11 is 1.72. The van der Waals surface area contributed by atoms with Crippen molar-refractivity contribution in [2.45, 2.75) is 32.9 Å². The van der Waals surface area contributed by atoms with Crippen molar-refractivity contribution in [2.75, 3.05) is 20.1 Å². The standard InChI is InChI=1S/C17H25N3S/c1-14(17-13-21-15(2)19-17)18-10-7-11-20(3)12-16-8-5-4-6-9-16/h4-6,8-9,13-14,18H,7,10-12H2,1-3H3. The zero-order valence-electron chi connectivity index (χ0n) is 13.2. The fraction of sp³-hybridized carbons (Fsp3) is 0.471. The van der Waals surface area contributed by atoms with E-state index in [-0.39, 0.29) is 0 Å². The highest BCUT2D eigenvalue weighted by Gasteiger charge is 2.07. The zero-order valence-corrected chi connectivity index (χ0v) is 14.0. The van der Waals surface area contributed by atoms with E-state index in [1.165, 1.54) is 5.56 Å².